The van der Waals surface area contributed by atoms with Crippen LogP contribution >= 0.6 is 0 Å². The summed E-state index contributed by atoms with van der Waals surface area (Å²) < 4.78 is 4.87. The first kappa shape index (κ1) is 12.4. The highest BCUT2D eigenvalue weighted by Crippen LogP contribution is 2.15. The third-order valence-corrected chi connectivity index (χ3v) is 2.42. The molecule has 6 nitrogen and oxygen atoms in total. The van der Waals surface area contributed by atoms with Crippen molar-refractivity contribution in [1.29, 1.82) is 0 Å². The molecular weight excluding hydrogens is 234 g/mol. The summed E-state index contributed by atoms with van der Waals surface area (Å²) in [6.07, 6.45) is 0.982. The van der Waals surface area contributed by atoms with E-state index in [1.807, 2.05) is 6.92 Å². The van der Waals surface area contributed by atoms with Crippen molar-refractivity contribution in [2.24, 2.45) is 0 Å². The maximum Gasteiger partial charge on any atom is 0.417 e. The lowest BCUT2D eigenvalue weighted by Gasteiger charge is -2.05. The van der Waals surface area contributed by atoms with Gasteiger partial charge < -0.3 is 15.1 Å². The van der Waals surface area contributed by atoms with Gasteiger partial charge in [0.25, 0.3) is 0 Å². The Bertz CT molecular complexity index is 600. The molecule has 0 bridgehead atoms. The van der Waals surface area contributed by atoms with E-state index in [-0.39, 0.29) is 12.5 Å². The van der Waals surface area contributed by atoms with Crippen LogP contribution in [-0.4, -0.2) is 24.0 Å². The van der Waals surface area contributed by atoms with Gasteiger partial charge in [-0.2, -0.15) is 0 Å². The number of carbonyl (C=O) groups excluding carboxylic acids is 1. The fourth-order valence-corrected chi connectivity index (χ4v) is 1.61. The van der Waals surface area contributed by atoms with E-state index in [0.717, 1.165) is 13.0 Å². The van der Waals surface area contributed by atoms with Crippen LogP contribution in [0, 0.1) is 0 Å². The number of hydrogen-bond acceptors (Lipinski definition) is 4. The van der Waals surface area contributed by atoms with Gasteiger partial charge in [0.1, 0.15) is 0 Å². The summed E-state index contributed by atoms with van der Waals surface area (Å²) in [6, 6.07) is 5.00. The zero-order valence-electron chi connectivity index (χ0n) is 10.1. The molecule has 3 N–H and O–H groups in total. The molecule has 0 unspecified atom stereocenters. The molecule has 1 aromatic carbocycles. The Morgan fingerprint density at radius 2 is 2.28 bits per heavy atom. The standard InChI is InChI=1S/C12H15N3O3/c1-2-5-13-7-11(16)14-8-3-4-10-9(6-8)15-12(17)18-10/h3-4,6,13H,2,5,7H2,1H3,(H,14,16)(H,15,17). The molecule has 1 aromatic heterocycles. The number of carbonyl (C=O) groups is 1. The van der Waals surface area contributed by atoms with Crippen molar-refractivity contribution in [1.82, 2.24) is 10.3 Å². The molecule has 0 saturated heterocycles. The monoisotopic (exact) mass is 249 g/mol. The normalized spacial score (nSPS) is 10.7. The van der Waals surface area contributed by atoms with Gasteiger partial charge in [-0.05, 0) is 31.2 Å². The molecule has 0 aliphatic carbocycles. The number of H-pyrrole nitrogens is 1. The zero-order chi connectivity index (χ0) is 13.0. The highest BCUT2D eigenvalue weighted by atomic mass is 16.4. The van der Waals surface area contributed by atoms with E-state index in [1.165, 1.54) is 0 Å². The van der Waals surface area contributed by atoms with Gasteiger partial charge in [0, 0.05) is 5.69 Å². The summed E-state index contributed by atoms with van der Waals surface area (Å²) >= 11 is 0. The second-order valence-corrected chi connectivity index (χ2v) is 3.95. The van der Waals surface area contributed by atoms with Crippen LogP contribution in [0.5, 0.6) is 0 Å². The molecule has 18 heavy (non-hydrogen) atoms. The van der Waals surface area contributed by atoms with E-state index in [2.05, 4.69) is 15.6 Å². The van der Waals surface area contributed by atoms with Gasteiger partial charge in [0.05, 0.1) is 12.1 Å². The molecule has 1 amide bonds. The van der Waals surface area contributed by atoms with Crippen LogP contribution in [0.3, 0.4) is 0 Å². The number of hydrogen-bond donors (Lipinski definition) is 3. The van der Waals surface area contributed by atoms with E-state index in [1.54, 1.807) is 18.2 Å². The summed E-state index contributed by atoms with van der Waals surface area (Å²) in [5.74, 6) is -0.619. The minimum absolute atomic E-state index is 0.117. The number of nitrogens with one attached hydrogen (secondary N) is 3. The molecule has 0 radical (unpaired) electrons. The Hall–Kier alpha value is -2.08. The lowest BCUT2D eigenvalue weighted by atomic mass is 10.3. The Kier molecular flexibility index (Phi) is 3.78. The molecular formula is C12H15N3O3. The van der Waals surface area contributed by atoms with Crippen molar-refractivity contribution in [2.75, 3.05) is 18.4 Å². The minimum atomic E-state index is -0.502. The van der Waals surface area contributed by atoms with E-state index < -0.39 is 5.76 Å². The smallest absolute Gasteiger partial charge is 0.408 e. The number of aromatic nitrogens is 1. The number of rotatable bonds is 5. The van der Waals surface area contributed by atoms with Crippen LogP contribution in [0.25, 0.3) is 11.1 Å². The average Bonchev–Trinajstić information content (AvgIpc) is 2.69. The summed E-state index contributed by atoms with van der Waals surface area (Å²) in [7, 11) is 0. The molecule has 0 atom stereocenters. The second kappa shape index (κ2) is 5.50. The van der Waals surface area contributed by atoms with Crippen LogP contribution in [-0.2, 0) is 4.79 Å². The fraction of sp³-hybridized carbons (Fsp3) is 0.333. The molecule has 2 aromatic rings. The topological polar surface area (TPSA) is 87.1 Å². The molecule has 0 spiro atoms. The predicted octanol–water partition coefficient (Wildman–Crippen LogP) is 1.06. The maximum atomic E-state index is 11.6. The van der Waals surface area contributed by atoms with Crippen molar-refractivity contribution in [3.63, 3.8) is 0 Å². The Morgan fingerprint density at radius 3 is 3.06 bits per heavy atom. The highest BCUT2D eigenvalue weighted by molar-refractivity contribution is 5.93. The lowest BCUT2D eigenvalue weighted by molar-refractivity contribution is -0.115. The largest absolute Gasteiger partial charge is 0.417 e. The molecule has 1 heterocycles. The van der Waals surface area contributed by atoms with Gasteiger partial charge in [-0.15, -0.1) is 0 Å². The first-order valence-electron chi connectivity index (χ1n) is 5.82. The van der Waals surface area contributed by atoms with Crippen molar-refractivity contribution in [3.05, 3.63) is 28.7 Å². The molecule has 2 rings (SSSR count). The minimum Gasteiger partial charge on any atom is -0.408 e. The van der Waals surface area contributed by atoms with E-state index in [4.69, 9.17) is 4.42 Å². The Labute approximate surface area is 103 Å². The van der Waals surface area contributed by atoms with Crippen LogP contribution < -0.4 is 16.4 Å². The van der Waals surface area contributed by atoms with E-state index >= 15 is 0 Å². The van der Waals surface area contributed by atoms with Crippen molar-refractivity contribution in [3.8, 4) is 0 Å². The van der Waals surface area contributed by atoms with E-state index in [0.29, 0.717) is 16.8 Å². The molecule has 0 saturated carbocycles. The summed E-state index contributed by atoms with van der Waals surface area (Å²) in [6.45, 7) is 3.11. The third-order valence-electron chi connectivity index (χ3n) is 2.42. The van der Waals surface area contributed by atoms with Crippen LogP contribution in [0.4, 0.5) is 5.69 Å². The quantitative estimate of drug-likeness (QED) is 0.691. The van der Waals surface area contributed by atoms with Crippen LogP contribution in [0.2, 0.25) is 0 Å². The number of anilines is 1. The van der Waals surface area contributed by atoms with Gasteiger partial charge in [-0.1, -0.05) is 6.92 Å². The number of benzene rings is 1. The zero-order valence-corrected chi connectivity index (χ0v) is 10.1. The first-order chi connectivity index (χ1) is 8.69. The first-order valence-corrected chi connectivity index (χ1v) is 5.82. The van der Waals surface area contributed by atoms with Crippen LogP contribution in [0.15, 0.2) is 27.4 Å². The molecule has 6 heteroatoms. The average molecular weight is 249 g/mol. The van der Waals surface area contributed by atoms with Gasteiger partial charge in [-0.25, -0.2) is 4.79 Å². The lowest BCUT2D eigenvalue weighted by Crippen LogP contribution is -2.28. The number of amides is 1. The molecule has 0 aliphatic heterocycles. The van der Waals surface area contributed by atoms with Gasteiger partial charge in [0.2, 0.25) is 5.91 Å². The van der Waals surface area contributed by atoms with Crippen LogP contribution in [0.1, 0.15) is 13.3 Å². The Balaban J connectivity index is 2.02. The van der Waals surface area contributed by atoms with Gasteiger partial charge in [0.15, 0.2) is 5.58 Å². The van der Waals surface area contributed by atoms with Crippen molar-refractivity contribution >= 4 is 22.7 Å². The van der Waals surface area contributed by atoms with Crippen molar-refractivity contribution < 1.29 is 9.21 Å². The molecule has 0 fully saturated rings. The number of fused-ring (bicyclic) bond motifs is 1. The van der Waals surface area contributed by atoms with Gasteiger partial charge >= 0.3 is 5.76 Å². The summed E-state index contributed by atoms with van der Waals surface area (Å²) in [5.41, 5.74) is 1.67. The number of aromatic amines is 1. The summed E-state index contributed by atoms with van der Waals surface area (Å²) in [4.78, 5) is 25.1. The fourth-order valence-electron chi connectivity index (χ4n) is 1.61. The predicted molar refractivity (Wildman–Crippen MR) is 68.6 cm³/mol. The van der Waals surface area contributed by atoms with Crippen molar-refractivity contribution in [2.45, 2.75) is 13.3 Å². The third kappa shape index (κ3) is 2.98. The second-order valence-electron chi connectivity index (χ2n) is 3.95. The number of oxazole rings is 1. The maximum absolute atomic E-state index is 11.6. The molecule has 96 valence electrons. The van der Waals surface area contributed by atoms with E-state index in [9.17, 15) is 9.59 Å². The summed E-state index contributed by atoms with van der Waals surface area (Å²) in [5, 5.41) is 5.75. The SMILES string of the molecule is CCCNCC(=O)Nc1ccc2oc(=O)[nH]c2c1. The highest BCUT2D eigenvalue weighted by Gasteiger charge is 2.05. The van der Waals surface area contributed by atoms with Gasteiger partial charge in [-0.3, -0.25) is 9.78 Å². The molecule has 0 aliphatic rings. The Morgan fingerprint density at radius 1 is 1.44 bits per heavy atom.